The summed E-state index contributed by atoms with van der Waals surface area (Å²) in [6, 6.07) is 9.20. The molecule has 0 saturated carbocycles. The summed E-state index contributed by atoms with van der Waals surface area (Å²) in [6.07, 6.45) is 8.34. The molecule has 0 radical (unpaired) electrons. The molecular formula is C19H31NO2. The lowest BCUT2D eigenvalue weighted by Gasteiger charge is -2.20. The second-order valence-electron chi connectivity index (χ2n) is 6.08. The van der Waals surface area contributed by atoms with E-state index in [1.54, 1.807) is 0 Å². The molecule has 2 N–H and O–H groups in total. The van der Waals surface area contributed by atoms with Crippen molar-refractivity contribution in [1.82, 2.24) is 5.32 Å². The quantitative estimate of drug-likeness (QED) is 0.597. The van der Waals surface area contributed by atoms with Crippen LogP contribution in [-0.2, 0) is 4.79 Å². The highest BCUT2D eigenvalue weighted by Gasteiger charge is 2.17. The first kappa shape index (κ1) is 18.7. The molecule has 0 saturated heterocycles. The standard InChI is InChI=1S/C19H31NO2/c1-3-4-5-6-7-8-12-15-18(21)20-16(2)19(22)17-13-10-9-11-14-17/h9-11,13-14,16,19,22H,3-8,12,15H2,1-2H3,(H,20,21)/t16-,19+/m1/s1. The van der Waals surface area contributed by atoms with Crippen molar-refractivity contribution in [2.75, 3.05) is 0 Å². The molecule has 124 valence electrons. The Morgan fingerprint density at radius 2 is 1.64 bits per heavy atom. The van der Waals surface area contributed by atoms with E-state index in [-0.39, 0.29) is 11.9 Å². The minimum Gasteiger partial charge on any atom is -0.386 e. The van der Waals surface area contributed by atoms with Crippen molar-refractivity contribution in [3.05, 3.63) is 35.9 Å². The fourth-order valence-electron chi connectivity index (χ4n) is 2.59. The van der Waals surface area contributed by atoms with Crippen molar-refractivity contribution < 1.29 is 9.90 Å². The predicted octanol–water partition coefficient (Wildman–Crippen LogP) is 4.37. The Labute approximate surface area is 135 Å². The lowest BCUT2D eigenvalue weighted by Crippen LogP contribution is -2.36. The van der Waals surface area contributed by atoms with Gasteiger partial charge in [-0.25, -0.2) is 0 Å². The molecule has 0 aliphatic rings. The molecule has 0 aromatic heterocycles. The van der Waals surface area contributed by atoms with Gasteiger partial charge >= 0.3 is 0 Å². The summed E-state index contributed by atoms with van der Waals surface area (Å²) in [5, 5.41) is 13.1. The molecule has 0 aliphatic carbocycles. The van der Waals surface area contributed by atoms with Crippen molar-refractivity contribution in [3.8, 4) is 0 Å². The molecule has 0 spiro atoms. The van der Waals surface area contributed by atoms with Crippen molar-refractivity contribution in [2.45, 2.75) is 77.4 Å². The molecule has 22 heavy (non-hydrogen) atoms. The SMILES string of the molecule is CCCCCCCCCC(=O)N[C@H](C)[C@H](O)c1ccccc1. The highest BCUT2D eigenvalue weighted by molar-refractivity contribution is 5.76. The predicted molar refractivity (Wildman–Crippen MR) is 91.6 cm³/mol. The van der Waals surface area contributed by atoms with Crippen molar-refractivity contribution >= 4 is 5.91 Å². The maximum atomic E-state index is 11.9. The fraction of sp³-hybridized carbons (Fsp3) is 0.632. The number of unbranched alkanes of at least 4 members (excludes halogenated alkanes) is 6. The van der Waals surface area contributed by atoms with Crippen LogP contribution in [0.15, 0.2) is 30.3 Å². The van der Waals surface area contributed by atoms with E-state index < -0.39 is 6.10 Å². The van der Waals surface area contributed by atoms with Crippen molar-refractivity contribution in [1.29, 1.82) is 0 Å². The first-order valence-corrected chi connectivity index (χ1v) is 8.67. The summed E-state index contributed by atoms with van der Waals surface area (Å²) in [4.78, 5) is 11.9. The van der Waals surface area contributed by atoms with Crippen LogP contribution < -0.4 is 5.32 Å². The van der Waals surface area contributed by atoms with Crippen LogP contribution in [0.4, 0.5) is 0 Å². The van der Waals surface area contributed by atoms with Gasteiger partial charge in [-0.15, -0.1) is 0 Å². The highest BCUT2D eigenvalue weighted by atomic mass is 16.3. The Hall–Kier alpha value is -1.35. The smallest absolute Gasteiger partial charge is 0.220 e. The number of nitrogens with one attached hydrogen (secondary N) is 1. The second-order valence-corrected chi connectivity index (χ2v) is 6.08. The number of carbonyl (C=O) groups excluding carboxylic acids is 1. The van der Waals surface area contributed by atoms with Crippen LogP contribution in [0.5, 0.6) is 0 Å². The van der Waals surface area contributed by atoms with E-state index in [0.717, 1.165) is 18.4 Å². The monoisotopic (exact) mass is 305 g/mol. The third kappa shape index (κ3) is 7.60. The minimum atomic E-state index is -0.654. The van der Waals surface area contributed by atoms with Gasteiger partial charge in [0, 0.05) is 6.42 Å². The van der Waals surface area contributed by atoms with Crippen LogP contribution in [0.25, 0.3) is 0 Å². The molecular weight excluding hydrogens is 274 g/mol. The molecule has 0 bridgehead atoms. The lowest BCUT2D eigenvalue weighted by molar-refractivity contribution is -0.122. The third-order valence-corrected chi connectivity index (χ3v) is 4.01. The van der Waals surface area contributed by atoms with Gasteiger partial charge in [0.25, 0.3) is 0 Å². The Bertz CT molecular complexity index is 405. The molecule has 3 nitrogen and oxygen atoms in total. The minimum absolute atomic E-state index is 0.0380. The Morgan fingerprint density at radius 1 is 1.05 bits per heavy atom. The number of carbonyl (C=O) groups is 1. The molecule has 1 amide bonds. The van der Waals surface area contributed by atoms with E-state index in [2.05, 4.69) is 12.2 Å². The summed E-state index contributed by atoms with van der Waals surface area (Å²) in [7, 11) is 0. The average molecular weight is 305 g/mol. The fourth-order valence-corrected chi connectivity index (χ4v) is 2.59. The Morgan fingerprint density at radius 3 is 2.27 bits per heavy atom. The van der Waals surface area contributed by atoms with Crippen molar-refractivity contribution in [2.24, 2.45) is 0 Å². The van der Waals surface area contributed by atoms with Crippen LogP contribution >= 0.6 is 0 Å². The van der Waals surface area contributed by atoms with Gasteiger partial charge in [-0.1, -0.05) is 75.8 Å². The van der Waals surface area contributed by atoms with E-state index in [9.17, 15) is 9.90 Å². The van der Waals surface area contributed by atoms with E-state index >= 15 is 0 Å². The van der Waals surface area contributed by atoms with Crippen LogP contribution in [0.3, 0.4) is 0 Å². The molecule has 0 aliphatic heterocycles. The van der Waals surface area contributed by atoms with Gasteiger partial charge in [0.2, 0.25) is 5.91 Å². The zero-order valence-corrected chi connectivity index (χ0v) is 14.1. The third-order valence-electron chi connectivity index (χ3n) is 4.01. The first-order valence-electron chi connectivity index (χ1n) is 8.67. The number of benzene rings is 1. The number of hydrogen-bond acceptors (Lipinski definition) is 2. The molecule has 3 heteroatoms. The van der Waals surface area contributed by atoms with Gasteiger partial charge < -0.3 is 10.4 Å². The summed E-state index contributed by atoms with van der Waals surface area (Å²) >= 11 is 0. The normalized spacial score (nSPS) is 13.6. The molecule has 1 aromatic rings. The number of amides is 1. The van der Waals surface area contributed by atoms with Gasteiger partial charge in [0.05, 0.1) is 12.1 Å². The molecule has 2 atom stereocenters. The number of hydrogen-bond donors (Lipinski definition) is 2. The van der Waals surface area contributed by atoms with Crippen molar-refractivity contribution in [3.63, 3.8) is 0 Å². The molecule has 0 fully saturated rings. The summed E-state index contributed by atoms with van der Waals surface area (Å²) < 4.78 is 0. The van der Waals surface area contributed by atoms with Gasteiger partial charge in [-0.3, -0.25) is 4.79 Å². The summed E-state index contributed by atoms with van der Waals surface area (Å²) in [5.41, 5.74) is 0.839. The number of aliphatic hydroxyl groups excluding tert-OH is 1. The Balaban J connectivity index is 2.16. The molecule has 1 rings (SSSR count). The average Bonchev–Trinajstić information content (AvgIpc) is 2.54. The van der Waals surface area contributed by atoms with Crippen LogP contribution in [-0.4, -0.2) is 17.1 Å². The molecule has 1 aromatic carbocycles. The van der Waals surface area contributed by atoms with Gasteiger partial charge in [0.15, 0.2) is 0 Å². The summed E-state index contributed by atoms with van der Waals surface area (Å²) in [5.74, 6) is 0.0380. The van der Waals surface area contributed by atoms with Gasteiger partial charge in [-0.05, 0) is 18.9 Å². The van der Waals surface area contributed by atoms with E-state index in [1.807, 2.05) is 37.3 Å². The van der Waals surface area contributed by atoms with Crippen LogP contribution in [0.2, 0.25) is 0 Å². The topological polar surface area (TPSA) is 49.3 Å². The van der Waals surface area contributed by atoms with Gasteiger partial charge in [0.1, 0.15) is 0 Å². The summed E-state index contributed by atoms with van der Waals surface area (Å²) in [6.45, 7) is 4.07. The van der Waals surface area contributed by atoms with E-state index in [0.29, 0.717) is 6.42 Å². The van der Waals surface area contributed by atoms with E-state index in [1.165, 1.54) is 32.1 Å². The highest BCUT2D eigenvalue weighted by Crippen LogP contribution is 2.16. The molecule has 0 heterocycles. The second kappa shape index (κ2) is 11.2. The van der Waals surface area contributed by atoms with Gasteiger partial charge in [-0.2, -0.15) is 0 Å². The number of rotatable bonds is 11. The van der Waals surface area contributed by atoms with Crippen LogP contribution in [0.1, 0.15) is 76.9 Å². The Kier molecular flexibility index (Phi) is 9.56. The lowest BCUT2D eigenvalue weighted by atomic mass is 10.0. The maximum Gasteiger partial charge on any atom is 0.220 e. The zero-order chi connectivity index (χ0) is 16.2. The zero-order valence-electron chi connectivity index (χ0n) is 14.1. The molecule has 0 unspecified atom stereocenters. The first-order chi connectivity index (χ1) is 10.6. The van der Waals surface area contributed by atoms with Crippen LogP contribution in [0, 0.1) is 0 Å². The maximum absolute atomic E-state index is 11.9. The van der Waals surface area contributed by atoms with E-state index in [4.69, 9.17) is 0 Å². The number of aliphatic hydroxyl groups is 1. The largest absolute Gasteiger partial charge is 0.386 e.